The summed E-state index contributed by atoms with van der Waals surface area (Å²) in [6, 6.07) is 8.77. The van der Waals surface area contributed by atoms with E-state index in [0.29, 0.717) is 5.75 Å². The van der Waals surface area contributed by atoms with Crippen molar-refractivity contribution >= 4 is 16.5 Å². The summed E-state index contributed by atoms with van der Waals surface area (Å²) in [7, 11) is 2.85. The largest absolute Gasteiger partial charge is 0.492 e. The number of nitrogens with zero attached hydrogens (tertiary/aromatic N) is 1. The lowest BCUT2D eigenvalue weighted by molar-refractivity contribution is -0.385. The number of benzene rings is 2. The van der Waals surface area contributed by atoms with Gasteiger partial charge in [0.1, 0.15) is 0 Å². The van der Waals surface area contributed by atoms with Crippen LogP contribution in [0.4, 0.5) is 5.69 Å². The molecule has 0 saturated heterocycles. The first-order chi connectivity index (χ1) is 8.19. The maximum absolute atomic E-state index is 11.0. The topological polar surface area (TPSA) is 61.6 Å². The van der Waals surface area contributed by atoms with Crippen LogP contribution >= 0.6 is 0 Å². The normalized spacial score (nSPS) is 10.2. The number of nitro benzene ring substituents is 1. The van der Waals surface area contributed by atoms with Crippen LogP contribution in [-0.4, -0.2) is 19.1 Å². The van der Waals surface area contributed by atoms with Gasteiger partial charge >= 0.3 is 5.69 Å². The average molecular weight is 233 g/mol. The highest BCUT2D eigenvalue weighted by Gasteiger charge is 2.22. The molecular formula is C12H11NO4. The van der Waals surface area contributed by atoms with Gasteiger partial charge < -0.3 is 9.47 Å². The van der Waals surface area contributed by atoms with E-state index in [-0.39, 0.29) is 11.4 Å². The zero-order valence-electron chi connectivity index (χ0n) is 9.47. The SMILES string of the molecule is COc1c([N+](=O)[O-])cc2ccccc2c1OC. The molecule has 0 aromatic heterocycles. The molecule has 88 valence electrons. The molecule has 0 unspecified atom stereocenters. The molecule has 0 spiro atoms. The summed E-state index contributed by atoms with van der Waals surface area (Å²) in [6.07, 6.45) is 0. The minimum atomic E-state index is -0.478. The third kappa shape index (κ3) is 1.75. The number of rotatable bonds is 3. The molecule has 0 saturated carbocycles. The predicted molar refractivity (Wildman–Crippen MR) is 63.7 cm³/mol. The quantitative estimate of drug-likeness (QED) is 0.604. The fourth-order valence-electron chi connectivity index (χ4n) is 1.82. The lowest BCUT2D eigenvalue weighted by Crippen LogP contribution is -1.97. The van der Waals surface area contributed by atoms with E-state index in [1.54, 1.807) is 6.07 Å². The van der Waals surface area contributed by atoms with Gasteiger partial charge in [-0.25, -0.2) is 0 Å². The summed E-state index contributed by atoms with van der Waals surface area (Å²) in [5, 5.41) is 12.5. The Hall–Kier alpha value is -2.30. The molecule has 0 amide bonds. The van der Waals surface area contributed by atoms with Crippen LogP contribution in [0.2, 0.25) is 0 Å². The summed E-state index contributed by atoms with van der Waals surface area (Å²) in [6.45, 7) is 0. The molecule has 2 rings (SSSR count). The van der Waals surface area contributed by atoms with Crippen molar-refractivity contribution in [2.24, 2.45) is 0 Å². The Balaban J connectivity index is 2.88. The van der Waals surface area contributed by atoms with Crippen LogP contribution in [0.3, 0.4) is 0 Å². The molecule has 2 aromatic carbocycles. The standard InChI is InChI=1S/C12H11NO4/c1-16-11-9-6-4-3-5-8(9)7-10(13(14)15)12(11)17-2/h3-7H,1-2H3. The van der Waals surface area contributed by atoms with Crippen molar-refractivity contribution in [3.05, 3.63) is 40.4 Å². The number of ether oxygens (including phenoxy) is 2. The fourth-order valence-corrected chi connectivity index (χ4v) is 1.82. The number of nitro groups is 1. The second-order valence-electron chi connectivity index (χ2n) is 3.44. The predicted octanol–water partition coefficient (Wildman–Crippen LogP) is 2.77. The first-order valence-corrected chi connectivity index (χ1v) is 4.97. The monoisotopic (exact) mass is 233 g/mol. The van der Waals surface area contributed by atoms with Crippen LogP contribution in [-0.2, 0) is 0 Å². The fraction of sp³-hybridized carbons (Fsp3) is 0.167. The van der Waals surface area contributed by atoms with Gasteiger partial charge in [-0.15, -0.1) is 0 Å². The average Bonchev–Trinajstić information content (AvgIpc) is 2.36. The van der Waals surface area contributed by atoms with Gasteiger partial charge in [-0.1, -0.05) is 24.3 Å². The molecule has 0 heterocycles. The summed E-state index contributed by atoms with van der Waals surface area (Å²) in [4.78, 5) is 10.5. The van der Waals surface area contributed by atoms with Crippen molar-refractivity contribution < 1.29 is 14.4 Å². The minimum Gasteiger partial charge on any atom is -0.492 e. The van der Waals surface area contributed by atoms with Crippen molar-refractivity contribution in [3.63, 3.8) is 0 Å². The molecule has 0 N–H and O–H groups in total. The van der Waals surface area contributed by atoms with Gasteiger partial charge in [0, 0.05) is 11.5 Å². The van der Waals surface area contributed by atoms with Crippen LogP contribution in [0.1, 0.15) is 0 Å². The Morgan fingerprint density at radius 3 is 2.35 bits per heavy atom. The molecule has 0 aliphatic heterocycles. The summed E-state index contributed by atoms with van der Waals surface area (Å²) in [5.74, 6) is 0.536. The van der Waals surface area contributed by atoms with E-state index in [4.69, 9.17) is 9.47 Å². The Labute approximate surface area is 97.7 Å². The first kappa shape index (κ1) is 11.2. The van der Waals surface area contributed by atoms with E-state index in [0.717, 1.165) is 10.8 Å². The second-order valence-corrected chi connectivity index (χ2v) is 3.44. The smallest absolute Gasteiger partial charge is 0.315 e. The van der Waals surface area contributed by atoms with Gasteiger partial charge in [0.25, 0.3) is 0 Å². The molecule has 0 atom stereocenters. The van der Waals surface area contributed by atoms with Gasteiger partial charge in [0.05, 0.1) is 19.1 Å². The lowest BCUT2D eigenvalue weighted by atomic mass is 10.1. The maximum Gasteiger partial charge on any atom is 0.315 e. The molecule has 0 bridgehead atoms. The zero-order valence-corrected chi connectivity index (χ0v) is 9.47. The third-order valence-electron chi connectivity index (χ3n) is 2.54. The number of fused-ring (bicyclic) bond motifs is 1. The molecule has 0 aliphatic carbocycles. The van der Waals surface area contributed by atoms with Gasteiger partial charge in [-0.05, 0) is 5.39 Å². The van der Waals surface area contributed by atoms with Crippen molar-refractivity contribution in [1.29, 1.82) is 0 Å². The van der Waals surface area contributed by atoms with Crippen molar-refractivity contribution in [2.75, 3.05) is 14.2 Å². The van der Waals surface area contributed by atoms with Crippen LogP contribution in [0.25, 0.3) is 10.8 Å². The van der Waals surface area contributed by atoms with Gasteiger partial charge in [0.2, 0.25) is 5.75 Å². The molecule has 17 heavy (non-hydrogen) atoms. The van der Waals surface area contributed by atoms with E-state index in [9.17, 15) is 10.1 Å². The van der Waals surface area contributed by atoms with Crippen LogP contribution < -0.4 is 9.47 Å². The molecule has 5 heteroatoms. The molecule has 0 radical (unpaired) electrons. The summed E-state index contributed by atoms with van der Waals surface area (Å²) in [5.41, 5.74) is -0.0944. The van der Waals surface area contributed by atoms with Crippen LogP contribution in [0.15, 0.2) is 30.3 Å². The van der Waals surface area contributed by atoms with E-state index in [1.165, 1.54) is 20.3 Å². The van der Waals surface area contributed by atoms with Crippen molar-refractivity contribution in [1.82, 2.24) is 0 Å². The molecular weight excluding hydrogens is 222 g/mol. The van der Waals surface area contributed by atoms with Gasteiger partial charge in [-0.2, -0.15) is 0 Å². The van der Waals surface area contributed by atoms with Crippen molar-refractivity contribution in [2.45, 2.75) is 0 Å². The third-order valence-corrected chi connectivity index (χ3v) is 2.54. The lowest BCUT2D eigenvalue weighted by Gasteiger charge is -2.10. The van der Waals surface area contributed by atoms with E-state index in [2.05, 4.69) is 0 Å². The molecule has 0 aliphatic rings. The number of methoxy groups -OCH3 is 2. The van der Waals surface area contributed by atoms with Gasteiger partial charge in [-0.3, -0.25) is 10.1 Å². The molecule has 5 nitrogen and oxygen atoms in total. The Morgan fingerprint density at radius 2 is 1.76 bits per heavy atom. The highest BCUT2D eigenvalue weighted by Crippen LogP contribution is 2.42. The zero-order chi connectivity index (χ0) is 12.4. The van der Waals surface area contributed by atoms with Crippen LogP contribution in [0, 0.1) is 10.1 Å². The van der Waals surface area contributed by atoms with E-state index < -0.39 is 4.92 Å². The maximum atomic E-state index is 11.0. The Bertz CT molecular complexity index is 580. The summed E-state index contributed by atoms with van der Waals surface area (Å²) < 4.78 is 10.3. The van der Waals surface area contributed by atoms with Gasteiger partial charge in [0.15, 0.2) is 5.75 Å². The Morgan fingerprint density at radius 1 is 1.12 bits per heavy atom. The first-order valence-electron chi connectivity index (χ1n) is 4.97. The van der Waals surface area contributed by atoms with Crippen molar-refractivity contribution in [3.8, 4) is 11.5 Å². The summed E-state index contributed by atoms with van der Waals surface area (Å²) >= 11 is 0. The van der Waals surface area contributed by atoms with Crippen LogP contribution in [0.5, 0.6) is 11.5 Å². The molecule has 2 aromatic rings. The number of hydrogen-bond donors (Lipinski definition) is 0. The van der Waals surface area contributed by atoms with E-state index in [1.807, 2.05) is 18.2 Å². The number of hydrogen-bond acceptors (Lipinski definition) is 4. The molecule has 0 fully saturated rings. The minimum absolute atomic E-state index is 0.0944. The second kappa shape index (κ2) is 4.29. The van der Waals surface area contributed by atoms with E-state index >= 15 is 0 Å². The highest BCUT2D eigenvalue weighted by atomic mass is 16.6. The highest BCUT2D eigenvalue weighted by molar-refractivity contribution is 5.94. The Kier molecular flexibility index (Phi) is 2.82.